The summed E-state index contributed by atoms with van der Waals surface area (Å²) in [6.07, 6.45) is 0.728. The highest BCUT2D eigenvalue weighted by Crippen LogP contribution is 2.64. The van der Waals surface area contributed by atoms with E-state index in [0.29, 0.717) is 22.6 Å². The molecule has 2 nitrogen and oxygen atoms in total. The third-order valence-electron chi connectivity index (χ3n) is 5.06. The first-order chi connectivity index (χ1) is 11.3. The molecule has 3 rings (SSSR count). The van der Waals surface area contributed by atoms with Crippen LogP contribution in [-0.2, 0) is 5.41 Å². The molecule has 24 heavy (non-hydrogen) atoms. The number of hydrogen-bond donors (Lipinski definition) is 2. The van der Waals surface area contributed by atoms with E-state index in [1.807, 2.05) is 13.8 Å². The van der Waals surface area contributed by atoms with Gasteiger partial charge in [0, 0.05) is 22.9 Å². The first-order valence-corrected chi connectivity index (χ1v) is 8.23. The molecule has 0 saturated heterocycles. The Morgan fingerprint density at radius 1 is 1.21 bits per heavy atom. The molecular formula is C19H19F2NOS. The number of carbonyl (C=O) groups excluding carboxylic acids is 1. The van der Waals surface area contributed by atoms with E-state index in [1.54, 1.807) is 24.3 Å². The van der Waals surface area contributed by atoms with Crippen LogP contribution in [0.15, 0.2) is 47.4 Å². The van der Waals surface area contributed by atoms with E-state index in [-0.39, 0.29) is 11.3 Å². The van der Waals surface area contributed by atoms with Crippen molar-refractivity contribution in [2.45, 2.75) is 30.6 Å². The van der Waals surface area contributed by atoms with Gasteiger partial charge in [0.15, 0.2) is 0 Å². The maximum absolute atomic E-state index is 14.3. The van der Waals surface area contributed by atoms with Crippen LogP contribution in [0.1, 0.15) is 36.2 Å². The predicted octanol–water partition coefficient (Wildman–Crippen LogP) is 4.35. The molecule has 1 fully saturated rings. The van der Waals surface area contributed by atoms with Crippen LogP contribution in [0, 0.1) is 17.0 Å². The third kappa shape index (κ3) is 2.81. The fraction of sp³-hybridized carbons (Fsp3) is 0.316. The second kappa shape index (κ2) is 5.88. The Morgan fingerprint density at radius 3 is 2.46 bits per heavy atom. The van der Waals surface area contributed by atoms with Crippen LogP contribution >= 0.6 is 12.6 Å². The standard InChI is InChI=1S/C19H19F2NOS/c1-18(2)10-19(18,14-8-7-12(20)9-15(14)21)11-22-17(23)13-5-3-4-6-16(13)24/h3-9,24H,10-11H2,1-2H3,(H,22,23). The Labute approximate surface area is 145 Å². The number of hydrogen-bond acceptors (Lipinski definition) is 2. The highest BCUT2D eigenvalue weighted by molar-refractivity contribution is 7.80. The van der Waals surface area contributed by atoms with Gasteiger partial charge in [-0.15, -0.1) is 12.6 Å². The van der Waals surface area contributed by atoms with Crippen molar-refractivity contribution in [2.75, 3.05) is 6.54 Å². The third-order valence-corrected chi connectivity index (χ3v) is 5.45. The molecule has 1 amide bonds. The van der Waals surface area contributed by atoms with Crippen molar-refractivity contribution in [3.63, 3.8) is 0 Å². The molecule has 0 aliphatic heterocycles. The summed E-state index contributed by atoms with van der Waals surface area (Å²) in [7, 11) is 0. The average Bonchev–Trinajstić information content (AvgIpc) is 3.07. The first kappa shape index (κ1) is 17.0. The zero-order valence-corrected chi connectivity index (χ0v) is 14.5. The van der Waals surface area contributed by atoms with E-state index in [2.05, 4.69) is 17.9 Å². The Balaban J connectivity index is 1.84. The fourth-order valence-corrected chi connectivity index (χ4v) is 3.70. The second-order valence-corrected chi connectivity index (χ2v) is 7.45. The van der Waals surface area contributed by atoms with E-state index in [9.17, 15) is 13.6 Å². The van der Waals surface area contributed by atoms with Crippen LogP contribution in [0.25, 0.3) is 0 Å². The van der Waals surface area contributed by atoms with Crippen molar-refractivity contribution in [2.24, 2.45) is 5.41 Å². The Kier molecular flexibility index (Phi) is 4.16. The molecule has 0 heterocycles. The summed E-state index contributed by atoms with van der Waals surface area (Å²) in [6.45, 7) is 4.34. The van der Waals surface area contributed by atoms with Gasteiger partial charge in [-0.25, -0.2) is 8.78 Å². The quantitative estimate of drug-likeness (QED) is 0.791. The minimum Gasteiger partial charge on any atom is -0.351 e. The molecule has 1 unspecified atom stereocenters. The molecule has 0 radical (unpaired) electrons. The van der Waals surface area contributed by atoms with Crippen LogP contribution in [0.3, 0.4) is 0 Å². The van der Waals surface area contributed by atoms with E-state index in [1.165, 1.54) is 12.1 Å². The summed E-state index contributed by atoms with van der Waals surface area (Å²) < 4.78 is 27.5. The SMILES string of the molecule is CC1(C)CC1(CNC(=O)c1ccccc1S)c1ccc(F)cc1F. The number of thiol groups is 1. The summed E-state index contributed by atoms with van der Waals surface area (Å²) in [4.78, 5) is 13.0. The molecular weight excluding hydrogens is 328 g/mol. The van der Waals surface area contributed by atoms with Crippen LogP contribution in [0.5, 0.6) is 0 Å². The Hall–Kier alpha value is -1.88. The monoisotopic (exact) mass is 347 g/mol. The lowest BCUT2D eigenvalue weighted by Gasteiger charge is -2.22. The number of carbonyl (C=O) groups is 1. The molecule has 0 spiro atoms. The molecule has 1 N–H and O–H groups in total. The fourth-order valence-electron chi connectivity index (χ4n) is 3.44. The topological polar surface area (TPSA) is 29.1 Å². The van der Waals surface area contributed by atoms with Crippen LogP contribution in [0.2, 0.25) is 0 Å². The Morgan fingerprint density at radius 2 is 1.88 bits per heavy atom. The molecule has 2 aromatic rings. The van der Waals surface area contributed by atoms with E-state index >= 15 is 0 Å². The summed E-state index contributed by atoms with van der Waals surface area (Å²) in [5.41, 5.74) is 0.244. The van der Waals surface area contributed by atoms with Gasteiger partial charge in [-0.05, 0) is 35.6 Å². The van der Waals surface area contributed by atoms with Gasteiger partial charge in [-0.3, -0.25) is 4.79 Å². The largest absolute Gasteiger partial charge is 0.351 e. The van der Waals surface area contributed by atoms with Gasteiger partial charge in [-0.2, -0.15) is 0 Å². The van der Waals surface area contributed by atoms with Crippen LogP contribution in [0.4, 0.5) is 8.78 Å². The van der Waals surface area contributed by atoms with Crippen molar-refractivity contribution in [3.05, 3.63) is 65.2 Å². The van der Waals surface area contributed by atoms with Gasteiger partial charge in [0.05, 0.1) is 5.56 Å². The van der Waals surface area contributed by atoms with E-state index in [0.717, 1.165) is 12.5 Å². The van der Waals surface area contributed by atoms with Gasteiger partial charge in [0.25, 0.3) is 5.91 Å². The van der Waals surface area contributed by atoms with Crippen molar-refractivity contribution in [1.29, 1.82) is 0 Å². The van der Waals surface area contributed by atoms with Crippen LogP contribution < -0.4 is 5.32 Å². The lowest BCUT2D eigenvalue weighted by Crippen LogP contribution is -2.35. The summed E-state index contributed by atoms with van der Waals surface area (Å²) in [5.74, 6) is -1.41. The summed E-state index contributed by atoms with van der Waals surface area (Å²) in [6, 6.07) is 10.7. The molecule has 0 bridgehead atoms. The summed E-state index contributed by atoms with van der Waals surface area (Å²) in [5, 5.41) is 2.89. The van der Waals surface area contributed by atoms with Crippen LogP contribution in [-0.4, -0.2) is 12.5 Å². The smallest absolute Gasteiger partial charge is 0.252 e. The van der Waals surface area contributed by atoms with Crippen molar-refractivity contribution < 1.29 is 13.6 Å². The van der Waals surface area contributed by atoms with Crippen molar-refractivity contribution >= 4 is 18.5 Å². The highest BCUT2D eigenvalue weighted by atomic mass is 32.1. The van der Waals surface area contributed by atoms with Gasteiger partial charge in [0.1, 0.15) is 11.6 Å². The van der Waals surface area contributed by atoms with Gasteiger partial charge in [0.2, 0.25) is 0 Å². The maximum atomic E-state index is 14.3. The molecule has 126 valence electrons. The van der Waals surface area contributed by atoms with Crippen molar-refractivity contribution in [3.8, 4) is 0 Å². The summed E-state index contributed by atoms with van der Waals surface area (Å²) >= 11 is 4.29. The lowest BCUT2D eigenvalue weighted by atomic mass is 9.87. The van der Waals surface area contributed by atoms with Gasteiger partial charge >= 0.3 is 0 Å². The molecule has 1 aliphatic carbocycles. The molecule has 0 aromatic heterocycles. The number of benzene rings is 2. The number of nitrogens with one attached hydrogen (secondary N) is 1. The van der Waals surface area contributed by atoms with Gasteiger partial charge in [-0.1, -0.05) is 32.0 Å². The molecule has 2 aromatic carbocycles. The van der Waals surface area contributed by atoms with Crippen molar-refractivity contribution in [1.82, 2.24) is 5.32 Å². The molecule has 1 saturated carbocycles. The van der Waals surface area contributed by atoms with E-state index in [4.69, 9.17) is 0 Å². The first-order valence-electron chi connectivity index (χ1n) is 7.79. The highest BCUT2D eigenvalue weighted by Gasteiger charge is 2.62. The minimum atomic E-state index is -0.599. The minimum absolute atomic E-state index is 0.167. The van der Waals surface area contributed by atoms with Gasteiger partial charge < -0.3 is 5.32 Å². The predicted molar refractivity (Wildman–Crippen MR) is 92.5 cm³/mol. The number of rotatable bonds is 4. The van der Waals surface area contributed by atoms with E-state index < -0.39 is 17.0 Å². The number of halogens is 2. The lowest BCUT2D eigenvalue weighted by molar-refractivity contribution is 0.0944. The maximum Gasteiger partial charge on any atom is 0.252 e. The average molecular weight is 347 g/mol. The molecule has 5 heteroatoms. The number of amides is 1. The zero-order valence-electron chi connectivity index (χ0n) is 13.6. The molecule has 1 atom stereocenters. The Bertz CT molecular complexity index is 806. The normalized spacial score (nSPS) is 21.4. The zero-order chi connectivity index (χ0) is 17.5. The second-order valence-electron chi connectivity index (χ2n) is 6.97. The molecule has 1 aliphatic rings.